The lowest BCUT2D eigenvalue weighted by molar-refractivity contribution is 0.102. The van der Waals surface area contributed by atoms with Crippen LogP contribution in [0.3, 0.4) is 0 Å². The Bertz CT molecular complexity index is 479. The first-order valence-electron chi connectivity index (χ1n) is 4.92. The lowest BCUT2D eigenvalue weighted by Crippen LogP contribution is -2.13. The van der Waals surface area contributed by atoms with Crippen LogP contribution in [0.2, 0.25) is 0 Å². The number of rotatable bonds is 2. The number of benzene rings is 1. The summed E-state index contributed by atoms with van der Waals surface area (Å²) in [5.41, 5.74) is 1.42. The number of hydrogen-bond acceptors (Lipinski definition) is 3. The van der Waals surface area contributed by atoms with Gasteiger partial charge >= 0.3 is 0 Å². The molecule has 1 amide bonds. The minimum Gasteiger partial charge on any atom is -0.305 e. The quantitative estimate of drug-likeness (QED) is 0.830. The Balaban J connectivity index is 2.11. The van der Waals surface area contributed by atoms with Gasteiger partial charge in [-0.15, -0.1) is 5.10 Å². The summed E-state index contributed by atoms with van der Waals surface area (Å²) in [5, 5.41) is 10.4. The molecule has 0 fully saturated rings. The van der Waals surface area contributed by atoms with E-state index >= 15 is 0 Å². The summed E-state index contributed by atoms with van der Waals surface area (Å²) >= 11 is 0. The molecule has 0 unspecified atom stereocenters. The fourth-order valence-electron chi connectivity index (χ4n) is 1.24. The monoisotopic (exact) mass is 213 g/mol. The van der Waals surface area contributed by atoms with E-state index in [0.717, 1.165) is 5.69 Å². The molecule has 0 atom stereocenters. The third-order valence-electron chi connectivity index (χ3n) is 2.08. The van der Waals surface area contributed by atoms with Crippen molar-refractivity contribution in [1.29, 1.82) is 0 Å². The van der Waals surface area contributed by atoms with Gasteiger partial charge in [-0.3, -0.25) is 4.79 Å². The van der Waals surface area contributed by atoms with Crippen molar-refractivity contribution in [2.45, 2.75) is 6.92 Å². The van der Waals surface area contributed by atoms with E-state index in [9.17, 15) is 4.79 Å². The predicted molar refractivity (Wildman–Crippen MR) is 61.2 cm³/mol. The minimum absolute atomic E-state index is 0.182. The molecule has 0 bridgehead atoms. The number of hydrogen-bond donors (Lipinski definition) is 1. The van der Waals surface area contributed by atoms with Crippen LogP contribution < -0.4 is 5.32 Å². The van der Waals surface area contributed by atoms with Gasteiger partial charge in [0.25, 0.3) is 5.91 Å². The summed E-state index contributed by atoms with van der Waals surface area (Å²) < 4.78 is 0. The molecule has 0 saturated heterocycles. The lowest BCUT2D eigenvalue weighted by atomic mass is 10.2. The molecule has 16 heavy (non-hydrogen) atoms. The van der Waals surface area contributed by atoms with Crippen LogP contribution in [0.1, 0.15) is 16.1 Å². The van der Waals surface area contributed by atoms with Crippen LogP contribution in [0.5, 0.6) is 0 Å². The summed E-state index contributed by atoms with van der Waals surface area (Å²) in [4.78, 5) is 11.7. The molecule has 2 aromatic rings. The molecule has 0 aliphatic carbocycles. The van der Waals surface area contributed by atoms with E-state index in [0.29, 0.717) is 11.4 Å². The number of nitrogens with one attached hydrogen (secondary N) is 1. The predicted octanol–water partition coefficient (Wildman–Crippen LogP) is 2.04. The number of amides is 1. The Morgan fingerprint density at radius 1 is 1.06 bits per heavy atom. The zero-order valence-corrected chi connectivity index (χ0v) is 8.84. The molecule has 1 heterocycles. The van der Waals surface area contributed by atoms with Crippen molar-refractivity contribution >= 4 is 11.7 Å². The summed E-state index contributed by atoms with van der Waals surface area (Å²) in [6.45, 7) is 1.84. The smallest absolute Gasteiger partial charge is 0.256 e. The van der Waals surface area contributed by atoms with Gasteiger partial charge in [0.05, 0.1) is 5.69 Å². The zero-order valence-electron chi connectivity index (χ0n) is 8.84. The Hall–Kier alpha value is -2.23. The maximum atomic E-state index is 11.7. The molecule has 0 saturated carbocycles. The normalized spacial score (nSPS) is 9.81. The molecule has 0 radical (unpaired) electrons. The molecule has 1 aromatic heterocycles. The summed E-state index contributed by atoms with van der Waals surface area (Å²) in [6.07, 6.45) is 0. The Kier molecular flexibility index (Phi) is 2.91. The van der Waals surface area contributed by atoms with Crippen LogP contribution >= 0.6 is 0 Å². The first-order chi connectivity index (χ1) is 7.75. The number of nitrogens with zero attached hydrogens (tertiary/aromatic N) is 2. The van der Waals surface area contributed by atoms with Gasteiger partial charge in [0.2, 0.25) is 0 Å². The molecule has 4 heteroatoms. The van der Waals surface area contributed by atoms with Crippen molar-refractivity contribution in [1.82, 2.24) is 10.2 Å². The van der Waals surface area contributed by atoms with Crippen LogP contribution in [0.15, 0.2) is 42.5 Å². The molecule has 0 spiro atoms. The second-order valence-electron chi connectivity index (χ2n) is 3.38. The van der Waals surface area contributed by atoms with Gasteiger partial charge in [0.15, 0.2) is 5.82 Å². The van der Waals surface area contributed by atoms with E-state index < -0.39 is 0 Å². The summed E-state index contributed by atoms with van der Waals surface area (Å²) in [6, 6.07) is 12.5. The van der Waals surface area contributed by atoms with Crippen LogP contribution in [0.4, 0.5) is 5.82 Å². The van der Waals surface area contributed by atoms with Gasteiger partial charge < -0.3 is 5.32 Å². The van der Waals surface area contributed by atoms with Crippen LogP contribution in [0, 0.1) is 6.92 Å². The minimum atomic E-state index is -0.182. The van der Waals surface area contributed by atoms with Gasteiger partial charge in [-0.05, 0) is 31.2 Å². The standard InChI is InChI=1S/C12H11N3O/c1-9-7-8-11(15-14-9)13-12(16)10-5-3-2-4-6-10/h2-8H,1H3,(H,13,15,16). The molecular weight excluding hydrogens is 202 g/mol. The maximum Gasteiger partial charge on any atom is 0.256 e. The van der Waals surface area contributed by atoms with Gasteiger partial charge in [-0.1, -0.05) is 18.2 Å². The Morgan fingerprint density at radius 2 is 1.81 bits per heavy atom. The van der Waals surface area contributed by atoms with Gasteiger partial charge in [0.1, 0.15) is 0 Å². The largest absolute Gasteiger partial charge is 0.305 e. The molecule has 4 nitrogen and oxygen atoms in total. The molecule has 1 N–H and O–H groups in total. The molecule has 80 valence electrons. The van der Waals surface area contributed by atoms with Crippen molar-refractivity contribution in [3.8, 4) is 0 Å². The van der Waals surface area contributed by atoms with E-state index in [1.165, 1.54) is 0 Å². The van der Waals surface area contributed by atoms with E-state index in [-0.39, 0.29) is 5.91 Å². The average molecular weight is 213 g/mol. The zero-order chi connectivity index (χ0) is 11.4. The van der Waals surface area contributed by atoms with E-state index in [1.54, 1.807) is 24.3 Å². The summed E-state index contributed by atoms with van der Waals surface area (Å²) in [7, 11) is 0. The third kappa shape index (κ3) is 2.42. The van der Waals surface area contributed by atoms with Gasteiger partial charge in [-0.2, -0.15) is 5.10 Å². The number of aryl methyl sites for hydroxylation is 1. The van der Waals surface area contributed by atoms with Crippen LogP contribution in [0.25, 0.3) is 0 Å². The van der Waals surface area contributed by atoms with Gasteiger partial charge in [0, 0.05) is 5.56 Å². The number of anilines is 1. The Morgan fingerprint density at radius 3 is 2.44 bits per heavy atom. The highest BCUT2D eigenvalue weighted by molar-refractivity contribution is 6.03. The van der Waals surface area contributed by atoms with Crippen LogP contribution in [-0.2, 0) is 0 Å². The van der Waals surface area contributed by atoms with Gasteiger partial charge in [-0.25, -0.2) is 0 Å². The first-order valence-corrected chi connectivity index (χ1v) is 4.92. The second kappa shape index (κ2) is 4.53. The van der Waals surface area contributed by atoms with E-state index in [4.69, 9.17) is 0 Å². The number of carbonyl (C=O) groups is 1. The highest BCUT2D eigenvalue weighted by Gasteiger charge is 2.05. The first kappa shape index (κ1) is 10.3. The molecule has 0 aliphatic heterocycles. The average Bonchev–Trinajstić information content (AvgIpc) is 2.33. The van der Waals surface area contributed by atoms with Crippen molar-refractivity contribution in [2.75, 3.05) is 5.32 Å². The SMILES string of the molecule is Cc1ccc(NC(=O)c2ccccc2)nn1. The highest BCUT2D eigenvalue weighted by Crippen LogP contribution is 2.05. The topological polar surface area (TPSA) is 54.9 Å². The fourth-order valence-corrected chi connectivity index (χ4v) is 1.24. The van der Waals surface area contributed by atoms with E-state index in [1.807, 2.05) is 25.1 Å². The van der Waals surface area contributed by atoms with Crippen molar-refractivity contribution in [2.24, 2.45) is 0 Å². The number of aromatic nitrogens is 2. The van der Waals surface area contributed by atoms with E-state index in [2.05, 4.69) is 15.5 Å². The fraction of sp³-hybridized carbons (Fsp3) is 0.0833. The third-order valence-corrected chi connectivity index (χ3v) is 2.08. The molecule has 1 aromatic carbocycles. The van der Waals surface area contributed by atoms with Crippen LogP contribution in [-0.4, -0.2) is 16.1 Å². The molecule has 0 aliphatic rings. The van der Waals surface area contributed by atoms with Crippen molar-refractivity contribution in [3.05, 3.63) is 53.7 Å². The Labute approximate surface area is 93.3 Å². The van der Waals surface area contributed by atoms with Crippen molar-refractivity contribution < 1.29 is 4.79 Å². The highest BCUT2D eigenvalue weighted by atomic mass is 16.1. The molecular formula is C12H11N3O. The van der Waals surface area contributed by atoms with Crippen molar-refractivity contribution in [3.63, 3.8) is 0 Å². The second-order valence-corrected chi connectivity index (χ2v) is 3.38. The maximum absolute atomic E-state index is 11.7. The summed E-state index contributed by atoms with van der Waals surface area (Å²) in [5.74, 6) is 0.276. The lowest BCUT2D eigenvalue weighted by Gasteiger charge is -2.03. The molecule has 2 rings (SSSR count). The number of carbonyl (C=O) groups excluding carboxylic acids is 1.